The highest BCUT2D eigenvalue weighted by Crippen LogP contribution is 2.42. The summed E-state index contributed by atoms with van der Waals surface area (Å²) in [6.45, 7) is 0.775. The van der Waals surface area contributed by atoms with Crippen LogP contribution in [0.3, 0.4) is 0 Å². The first-order chi connectivity index (χ1) is 11.7. The zero-order chi connectivity index (χ0) is 16.5. The summed E-state index contributed by atoms with van der Waals surface area (Å²) in [5.74, 6) is 3.22. The van der Waals surface area contributed by atoms with Gasteiger partial charge in [0, 0.05) is 25.5 Å². The van der Waals surface area contributed by atoms with Crippen LogP contribution in [0.1, 0.15) is 25.1 Å². The van der Waals surface area contributed by atoms with Crippen LogP contribution in [0.2, 0.25) is 0 Å². The lowest BCUT2D eigenvalue weighted by Crippen LogP contribution is -2.31. The first-order valence-electron chi connectivity index (χ1n) is 8.43. The van der Waals surface area contributed by atoms with Crippen molar-refractivity contribution in [2.24, 2.45) is 17.8 Å². The lowest BCUT2D eigenvalue weighted by atomic mass is 9.93. The molecule has 0 radical (unpaired) electrons. The molecule has 1 amide bonds. The third-order valence-electron chi connectivity index (χ3n) is 5.07. The van der Waals surface area contributed by atoms with Crippen molar-refractivity contribution >= 4 is 11.6 Å². The number of methoxy groups -OCH3 is 1. The number of allylic oxidation sites excluding steroid dienone is 2. The minimum absolute atomic E-state index is 0.0569. The maximum absolute atomic E-state index is 12.1. The van der Waals surface area contributed by atoms with E-state index in [4.69, 9.17) is 4.74 Å². The molecule has 0 aromatic carbocycles. The van der Waals surface area contributed by atoms with E-state index >= 15 is 0 Å². The Balaban J connectivity index is 1.31. The summed E-state index contributed by atoms with van der Waals surface area (Å²) < 4.78 is 6.75. The van der Waals surface area contributed by atoms with Gasteiger partial charge in [-0.15, -0.1) is 15.3 Å². The Hall–Kier alpha value is -2.44. The van der Waals surface area contributed by atoms with E-state index in [0.717, 1.165) is 12.5 Å². The number of fused-ring (bicyclic) bond motifs is 3. The van der Waals surface area contributed by atoms with Gasteiger partial charge in [-0.1, -0.05) is 12.2 Å². The summed E-state index contributed by atoms with van der Waals surface area (Å²) in [5, 5.41) is 15.5. The Morgan fingerprint density at radius 1 is 1.33 bits per heavy atom. The van der Waals surface area contributed by atoms with E-state index in [9.17, 15) is 4.79 Å². The van der Waals surface area contributed by atoms with Gasteiger partial charge in [-0.3, -0.25) is 4.79 Å². The number of hydrogen-bond acceptors (Lipinski definition) is 5. The molecule has 2 aliphatic carbocycles. The molecular weight excluding hydrogens is 306 g/mol. The van der Waals surface area contributed by atoms with Crippen molar-refractivity contribution in [3.05, 3.63) is 30.1 Å². The van der Waals surface area contributed by atoms with Gasteiger partial charge in [-0.2, -0.15) is 4.52 Å². The fourth-order valence-corrected chi connectivity index (χ4v) is 3.77. The van der Waals surface area contributed by atoms with E-state index in [1.807, 2.05) is 0 Å². The summed E-state index contributed by atoms with van der Waals surface area (Å²) in [6.07, 6.45) is 7.99. The van der Waals surface area contributed by atoms with Crippen molar-refractivity contribution in [3.63, 3.8) is 0 Å². The Kier molecular flexibility index (Phi) is 3.92. The van der Waals surface area contributed by atoms with Gasteiger partial charge in [0.2, 0.25) is 11.8 Å². The monoisotopic (exact) mass is 327 g/mol. The minimum Gasteiger partial charge on any atom is -0.480 e. The van der Waals surface area contributed by atoms with Gasteiger partial charge in [-0.25, -0.2) is 0 Å². The number of carbonyl (C=O) groups is 1. The average molecular weight is 327 g/mol. The topological polar surface area (TPSA) is 81.4 Å². The SMILES string of the molecule is COc1ccc2nnc(CCC(=O)NC[C@@H]3C[C@H]4C=C[C@H]3C4)n2n1. The number of aryl methyl sites for hydroxylation is 1. The molecular formula is C17H21N5O2. The second kappa shape index (κ2) is 6.22. The molecule has 4 rings (SSSR count). The lowest BCUT2D eigenvalue weighted by Gasteiger charge is -2.18. The average Bonchev–Trinajstić information content (AvgIpc) is 3.32. The van der Waals surface area contributed by atoms with E-state index < -0.39 is 0 Å². The van der Waals surface area contributed by atoms with Crippen molar-refractivity contribution in [1.82, 2.24) is 25.1 Å². The van der Waals surface area contributed by atoms with Gasteiger partial charge in [0.05, 0.1) is 7.11 Å². The quantitative estimate of drug-likeness (QED) is 0.811. The van der Waals surface area contributed by atoms with E-state index in [1.54, 1.807) is 23.8 Å². The van der Waals surface area contributed by atoms with E-state index in [0.29, 0.717) is 42.0 Å². The highest BCUT2D eigenvalue weighted by molar-refractivity contribution is 5.76. The zero-order valence-corrected chi connectivity index (χ0v) is 13.7. The summed E-state index contributed by atoms with van der Waals surface area (Å²) in [7, 11) is 1.57. The number of nitrogens with zero attached hydrogens (tertiary/aromatic N) is 4. The molecule has 1 saturated carbocycles. The van der Waals surface area contributed by atoms with E-state index in [-0.39, 0.29) is 5.91 Å². The van der Waals surface area contributed by atoms with Crippen LogP contribution in [0.25, 0.3) is 5.65 Å². The molecule has 2 bridgehead atoms. The molecule has 1 fully saturated rings. The van der Waals surface area contributed by atoms with Gasteiger partial charge in [0.15, 0.2) is 11.5 Å². The van der Waals surface area contributed by atoms with Crippen LogP contribution in [-0.2, 0) is 11.2 Å². The van der Waals surface area contributed by atoms with E-state index in [1.165, 1.54) is 12.8 Å². The molecule has 0 unspecified atom stereocenters. The third kappa shape index (κ3) is 2.86. The second-order valence-corrected chi connectivity index (χ2v) is 6.61. The molecule has 7 nitrogen and oxygen atoms in total. The molecule has 1 N–H and O–H groups in total. The lowest BCUT2D eigenvalue weighted by molar-refractivity contribution is -0.121. The number of aromatic nitrogens is 4. The molecule has 0 aliphatic heterocycles. The molecule has 2 aromatic rings. The zero-order valence-electron chi connectivity index (χ0n) is 13.7. The van der Waals surface area contributed by atoms with E-state index in [2.05, 4.69) is 32.8 Å². The molecule has 24 heavy (non-hydrogen) atoms. The third-order valence-corrected chi connectivity index (χ3v) is 5.07. The summed E-state index contributed by atoms with van der Waals surface area (Å²) in [6, 6.07) is 3.54. The number of amides is 1. The Morgan fingerprint density at radius 3 is 3.00 bits per heavy atom. The number of hydrogen-bond donors (Lipinski definition) is 1. The van der Waals surface area contributed by atoms with Crippen molar-refractivity contribution in [3.8, 4) is 5.88 Å². The first-order valence-corrected chi connectivity index (χ1v) is 8.43. The highest BCUT2D eigenvalue weighted by Gasteiger charge is 2.35. The predicted octanol–water partition coefficient (Wildman–Crippen LogP) is 1.39. The van der Waals surface area contributed by atoms with Crippen LogP contribution in [0.5, 0.6) is 5.88 Å². The van der Waals surface area contributed by atoms with Crippen LogP contribution < -0.4 is 10.1 Å². The van der Waals surface area contributed by atoms with Crippen molar-refractivity contribution < 1.29 is 9.53 Å². The van der Waals surface area contributed by atoms with Gasteiger partial charge >= 0.3 is 0 Å². The maximum atomic E-state index is 12.1. The Bertz CT molecular complexity index is 784. The second-order valence-electron chi connectivity index (χ2n) is 6.61. The van der Waals surface area contributed by atoms with Gasteiger partial charge in [0.1, 0.15) is 0 Å². The molecule has 126 valence electrons. The number of rotatable bonds is 6. The fraction of sp³-hybridized carbons (Fsp3) is 0.529. The molecule has 0 spiro atoms. The number of ether oxygens (including phenoxy) is 1. The van der Waals surface area contributed by atoms with Gasteiger partial charge < -0.3 is 10.1 Å². The van der Waals surface area contributed by atoms with Crippen LogP contribution >= 0.6 is 0 Å². The molecule has 2 heterocycles. The predicted molar refractivity (Wildman–Crippen MR) is 87.5 cm³/mol. The Morgan fingerprint density at radius 2 is 2.25 bits per heavy atom. The van der Waals surface area contributed by atoms with Gasteiger partial charge in [-0.05, 0) is 36.7 Å². The summed E-state index contributed by atoms with van der Waals surface area (Å²) >= 11 is 0. The van der Waals surface area contributed by atoms with Crippen LogP contribution in [-0.4, -0.2) is 39.4 Å². The summed E-state index contributed by atoms with van der Waals surface area (Å²) in [5.41, 5.74) is 0.653. The van der Waals surface area contributed by atoms with Crippen LogP contribution in [0.4, 0.5) is 0 Å². The van der Waals surface area contributed by atoms with Crippen molar-refractivity contribution in [2.45, 2.75) is 25.7 Å². The molecule has 3 atom stereocenters. The molecule has 2 aliphatic rings. The highest BCUT2D eigenvalue weighted by atomic mass is 16.5. The minimum atomic E-state index is 0.0569. The smallest absolute Gasteiger partial charge is 0.231 e. The van der Waals surface area contributed by atoms with Crippen molar-refractivity contribution in [2.75, 3.05) is 13.7 Å². The number of carbonyl (C=O) groups excluding carboxylic acids is 1. The summed E-state index contributed by atoms with van der Waals surface area (Å²) in [4.78, 5) is 12.1. The fourth-order valence-electron chi connectivity index (χ4n) is 3.77. The van der Waals surface area contributed by atoms with Crippen molar-refractivity contribution in [1.29, 1.82) is 0 Å². The first kappa shape index (κ1) is 15.1. The van der Waals surface area contributed by atoms with Crippen LogP contribution in [0.15, 0.2) is 24.3 Å². The maximum Gasteiger partial charge on any atom is 0.231 e. The standard InChI is InChI=1S/C17H21N5O2/c1-24-17-7-5-15-20-19-14(22(15)21-17)4-6-16(23)18-10-13-9-11-2-3-12(13)8-11/h2-3,5,7,11-13H,4,6,8-10H2,1H3,(H,18,23)/t11-,12-,13-/m0/s1. The number of nitrogens with one attached hydrogen (secondary N) is 1. The molecule has 0 saturated heterocycles. The normalized spacial score (nSPS) is 24.6. The van der Waals surface area contributed by atoms with Gasteiger partial charge in [0.25, 0.3) is 0 Å². The molecule has 7 heteroatoms. The Labute approximate surface area is 140 Å². The largest absolute Gasteiger partial charge is 0.480 e. The molecule has 2 aromatic heterocycles. The van der Waals surface area contributed by atoms with Crippen LogP contribution in [0, 0.1) is 17.8 Å².